The van der Waals surface area contributed by atoms with Gasteiger partial charge in [0.1, 0.15) is 22.3 Å². The average molecular weight is 279 g/mol. The van der Waals surface area contributed by atoms with E-state index in [1.807, 2.05) is 0 Å². The summed E-state index contributed by atoms with van der Waals surface area (Å²) < 4.78 is 39.7. The standard InChI is InChI=1S/C12H10FN3O2S/c13-11-2-1-3-12(10(11)6-14)19(17,18)16-8-9-4-5-15-7-9/h1-5,7,15-16H,8H2. The van der Waals surface area contributed by atoms with E-state index in [0.717, 1.165) is 11.6 Å². The van der Waals surface area contributed by atoms with Crippen LogP contribution in [0.15, 0.2) is 41.6 Å². The molecule has 0 bridgehead atoms. The Labute approximate surface area is 109 Å². The molecule has 0 saturated heterocycles. The molecule has 1 aromatic carbocycles. The van der Waals surface area contributed by atoms with Crippen LogP contribution in [0.25, 0.3) is 0 Å². The fourth-order valence-corrected chi connectivity index (χ4v) is 2.74. The van der Waals surface area contributed by atoms with Crippen LogP contribution in [0.2, 0.25) is 0 Å². The van der Waals surface area contributed by atoms with Crippen LogP contribution < -0.4 is 4.72 Å². The number of aromatic nitrogens is 1. The fourth-order valence-electron chi connectivity index (χ4n) is 1.56. The van der Waals surface area contributed by atoms with Crippen molar-refractivity contribution in [2.24, 2.45) is 0 Å². The summed E-state index contributed by atoms with van der Waals surface area (Å²) in [6.07, 6.45) is 3.30. The van der Waals surface area contributed by atoms with Gasteiger partial charge in [-0.2, -0.15) is 5.26 Å². The minimum absolute atomic E-state index is 0.0627. The maximum absolute atomic E-state index is 13.4. The minimum atomic E-state index is -3.93. The first-order chi connectivity index (χ1) is 9.04. The van der Waals surface area contributed by atoms with Gasteiger partial charge >= 0.3 is 0 Å². The number of rotatable bonds is 4. The third kappa shape index (κ3) is 2.81. The molecule has 0 spiro atoms. The molecule has 0 aliphatic rings. The summed E-state index contributed by atoms with van der Waals surface area (Å²) in [6, 6.07) is 6.76. The SMILES string of the molecule is N#Cc1c(F)cccc1S(=O)(=O)NCc1cc[nH]c1. The zero-order valence-electron chi connectivity index (χ0n) is 9.72. The smallest absolute Gasteiger partial charge is 0.242 e. The number of sulfonamides is 1. The lowest BCUT2D eigenvalue weighted by Crippen LogP contribution is -2.24. The first-order valence-electron chi connectivity index (χ1n) is 5.34. The Morgan fingerprint density at radius 1 is 1.37 bits per heavy atom. The second-order valence-corrected chi connectivity index (χ2v) is 5.50. The molecule has 2 rings (SSSR count). The van der Waals surface area contributed by atoms with Crippen LogP contribution in [0, 0.1) is 17.1 Å². The Kier molecular flexibility index (Phi) is 3.64. The molecule has 1 aromatic heterocycles. The minimum Gasteiger partial charge on any atom is -0.367 e. The van der Waals surface area contributed by atoms with E-state index in [4.69, 9.17) is 5.26 Å². The summed E-state index contributed by atoms with van der Waals surface area (Å²) in [4.78, 5) is 2.43. The van der Waals surface area contributed by atoms with Gasteiger partial charge in [-0.1, -0.05) is 6.07 Å². The molecule has 7 heteroatoms. The monoisotopic (exact) mass is 279 g/mol. The summed E-state index contributed by atoms with van der Waals surface area (Å²) >= 11 is 0. The zero-order chi connectivity index (χ0) is 13.9. The molecular weight excluding hydrogens is 269 g/mol. The molecular formula is C12H10FN3O2S. The van der Waals surface area contributed by atoms with Crippen molar-refractivity contribution in [3.05, 3.63) is 53.6 Å². The van der Waals surface area contributed by atoms with E-state index in [9.17, 15) is 12.8 Å². The van der Waals surface area contributed by atoms with Gasteiger partial charge in [-0.05, 0) is 23.8 Å². The number of aromatic amines is 1. The van der Waals surface area contributed by atoms with Crippen molar-refractivity contribution in [1.29, 1.82) is 5.26 Å². The number of hydrogen-bond acceptors (Lipinski definition) is 3. The Hall–Kier alpha value is -2.17. The summed E-state index contributed by atoms with van der Waals surface area (Å²) in [5.74, 6) is -0.855. The van der Waals surface area contributed by atoms with Gasteiger partial charge in [-0.3, -0.25) is 0 Å². The van der Waals surface area contributed by atoms with Crippen LogP contribution >= 0.6 is 0 Å². The van der Waals surface area contributed by atoms with Crippen LogP contribution in [0.4, 0.5) is 4.39 Å². The Morgan fingerprint density at radius 3 is 2.79 bits per heavy atom. The van der Waals surface area contributed by atoms with E-state index in [0.29, 0.717) is 0 Å². The number of benzene rings is 1. The quantitative estimate of drug-likeness (QED) is 0.889. The third-order valence-corrected chi connectivity index (χ3v) is 3.95. The molecule has 0 amide bonds. The van der Waals surface area contributed by atoms with Crippen LogP contribution in [-0.2, 0) is 16.6 Å². The van der Waals surface area contributed by atoms with Crippen molar-refractivity contribution in [3.8, 4) is 6.07 Å². The lowest BCUT2D eigenvalue weighted by molar-refractivity contribution is 0.576. The highest BCUT2D eigenvalue weighted by molar-refractivity contribution is 7.89. The van der Waals surface area contributed by atoms with Gasteiger partial charge in [-0.25, -0.2) is 17.5 Å². The predicted octanol–water partition coefficient (Wildman–Crippen LogP) is 1.50. The highest BCUT2D eigenvalue weighted by Crippen LogP contribution is 2.18. The Balaban J connectivity index is 2.30. The molecule has 5 nitrogen and oxygen atoms in total. The first-order valence-corrected chi connectivity index (χ1v) is 6.83. The van der Waals surface area contributed by atoms with Crippen molar-refractivity contribution in [2.45, 2.75) is 11.4 Å². The average Bonchev–Trinajstić information content (AvgIpc) is 2.89. The summed E-state index contributed by atoms with van der Waals surface area (Å²) in [6.45, 7) is 0.0627. The molecule has 0 atom stereocenters. The van der Waals surface area contributed by atoms with E-state index < -0.39 is 21.4 Å². The van der Waals surface area contributed by atoms with Crippen LogP contribution in [0.3, 0.4) is 0 Å². The highest BCUT2D eigenvalue weighted by Gasteiger charge is 2.20. The van der Waals surface area contributed by atoms with Gasteiger partial charge in [0, 0.05) is 18.9 Å². The molecule has 0 radical (unpaired) electrons. The van der Waals surface area contributed by atoms with E-state index in [-0.39, 0.29) is 11.4 Å². The third-order valence-electron chi connectivity index (χ3n) is 2.51. The van der Waals surface area contributed by atoms with Crippen molar-refractivity contribution in [2.75, 3.05) is 0 Å². The molecule has 2 N–H and O–H groups in total. The molecule has 98 valence electrons. The molecule has 1 heterocycles. The van der Waals surface area contributed by atoms with Gasteiger partial charge in [0.15, 0.2) is 0 Å². The maximum atomic E-state index is 13.4. The second kappa shape index (κ2) is 5.22. The van der Waals surface area contributed by atoms with E-state index >= 15 is 0 Å². The van der Waals surface area contributed by atoms with Crippen molar-refractivity contribution in [3.63, 3.8) is 0 Å². The van der Waals surface area contributed by atoms with E-state index in [2.05, 4.69) is 9.71 Å². The van der Waals surface area contributed by atoms with Gasteiger partial charge < -0.3 is 4.98 Å². The van der Waals surface area contributed by atoms with Crippen LogP contribution in [0.1, 0.15) is 11.1 Å². The topological polar surface area (TPSA) is 85.8 Å². The Bertz CT molecular complexity index is 718. The predicted molar refractivity (Wildman–Crippen MR) is 65.9 cm³/mol. The van der Waals surface area contributed by atoms with E-state index in [1.165, 1.54) is 12.1 Å². The lowest BCUT2D eigenvalue weighted by atomic mass is 10.2. The normalized spacial score (nSPS) is 11.2. The molecule has 19 heavy (non-hydrogen) atoms. The lowest BCUT2D eigenvalue weighted by Gasteiger charge is -2.07. The molecule has 0 aliphatic heterocycles. The molecule has 0 aliphatic carbocycles. The zero-order valence-corrected chi connectivity index (χ0v) is 10.5. The molecule has 0 unspecified atom stereocenters. The van der Waals surface area contributed by atoms with Crippen molar-refractivity contribution < 1.29 is 12.8 Å². The number of nitrogens with zero attached hydrogens (tertiary/aromatic N) is 1. The van der Waals surface area contributed by atoms with E-state index in [1.54, 1.807) is 24.5 Å². The van der Waals surface area contributed by atoms with Crippen molar-refractivity contribution in [1.82, 2.24) is 9.71 Å². The largest absolute Gasteiger partial charge is 0.367 e. The molecule has 0 fully saturated rings. The van der Waals surface area contributed by atoms with Crippen LogP contribution in [-0.4, -0.2) is 13.4 Å². The molecule has 2 aromatic rings. The molecule has 0 saturated carbocycles. The van der Waals surface area contributed by atoms with Gasteiger partial charge in [0.2, 0.25) is 10.0 Å². The number of halogens is 1. The number of nitriles is 1. The highest BCUT2D eigenvalue weighted by atomic mass is 32.2. The second-order valence-electron chi connectivity index (χ2n) is 3.77. The fraction of sp³-hybridized carbons (Fsp3) is 0.0833. The van der Waals surface area contributed by atoms with Gasteiger partial charge in [0.05, 0.1) is 0 Å². The number of H-pyrrole nitrogens is 1. The Morgan fingerprint density at radius 2 is 2.16 bits per heavy atom. The number of nitrogens with one attached hydrogen (secondary N) is 2. The first kappa shape index (κ1) is 13.3. The maximum Gasteiger partial charge on any atom is 0.242 e. The van der Waals surface area contributed by atoms with Gasteiger partial charge in [0.25, 0.3) is 0 Å². The van der Waals surface area contributed by atoms with Crippen LogP contribution in [0.5, 0.6) is 0 Å². The summed E-state index contributed by atoms with van der Waals surface area (Å²) in [5.41, 5.74) is 0.252. The van der Waals surface area contributed by atoms with Crippen molar-refractivity contribution >= 4 is 10.0 Å². The summed E-state index contributed by atoms with van der Waals surface area (Å²) in [5, 5.41) is 8.83. The summed E-state index contributed by atoms with van der Waals surface area (Å²) in [7, 11) is -3.93. The van der Waals surface area contributed by atoms with Gasteiger partial charge in [-0.15, -0.1) is 0 Å². The number of hydrogen-bond donors (Lipinski definition) is 2.